The second-order valence-electron chi connectivity index (χ2n) is 5.01. The van der Waals surface area contributed by atoms with Gasteiger partial charge < -0.3 is 0 Å². The highest BCUT2D eigenvalue weighted by atomic mass is 32.2. The van der Waals surface area contributed by atoms with Gasteiger partial charge in [0.2, 0.25) is 10.0 Å². The lowest BCUT2D eigenvalue weighted by molar-refractivity contribution is 0.588. The minimum absolute atomic E-state index is 0.281. The maximum atomic E-state index is 11.7. The second kappa shape index (κ2) is 5.77. The van der Waals surface area contributed by atoms with Crippen molar-refractivity contribution in [3.8, 4) is 11.1 Å². The average molecular weight is 289 g/mol. The predicted octanol–water partition coefficient (Wildman–Crippen LogP) is 3.39. The molecule has 0 saturated heterocycles. The Labute approximate surface area is 120 Å². The summed E-state index contributed by atoms with van der Waals surface area (Å²) < 4.78 is 25.7. The number of nitrogens with one attached hydrogen (secondary N) is 1. The van der Waals surface area contributed by atoms with Gasteiger partial charge in [0.15, 0.2) is 0 Å². The molecule has 1 N–H and O–H groups in total. The van der Waals surface area contributed by atoms with Crippen LogP contribution in [-0.2, 0) is 10.0 Å². The van der Waals surface area contributed by atoms with Crippen molar-refractivity contribution >= 4 is 10.0 Å². The molecule has 4 heteroatoms. The van der Waals surface area contributed by atoms with E-state index in [-0.39, 0.29) is 4.90 Å². The van der Waals surface area contributed by atoms with Crippen molar-refractivity contribution < 1.29 is 8.42 Å². The molecule has 0 unspecified atom stereocenters. The van der Waals surface area contributed by atoms with Gasteiger partial charge in [-0.05, 0) is 41.8 Å². The lowest BCUT2D eigenvalue weighted by Crippen LogP contribution is -2.18. The van der Waals surface area contributed by atoms with E-state index >= 15 is 0 Å². The third kappa shape index (κ3) is 3.08. The van der Waals surface area contributed by atoms with Crippen LogP contribution in [0.2, 0.25) is 0 Å². The highest BCUT2D eigenvalue weighted by Gasteiger charge is 2.11. The molecular weight excluding hydrogens is 270 g/mol. The Hall–Kier alpha value is -1.65. The average Bonchev–Trinajstić information content (AvgIpc) is 2.47. The molecule has 0 aliphatic carbocycles. The molecule has 0 spiro atoms. The summed E-state index contributed by atoms with van der Waals surface area (Å²) in [5.74, 6) is 0.471. The van der Waals surface area contributed by atoms with Gasteiger partial charge in [-0.25, -0.2) is 13.1 Å². The molecule has 0 radical (unpaired) electrons. The first-order valence-electron chi connectivity index (χ1n) is 6.58. The molecule has 0 aromatic heterocycles. The minimum Gasteiger partial charge on any atom is -0.214 e. The van der Waals surface area contributed by atoms with Gasteiger partial charge in [-0.3, -0.25) is 0 Å². The van der Waals surface area contributed by atoms with Gasteiger partial charge in [0.05, 0.1) is 4.90 Å². The molecule has 0 aliphatic rings. The van der Waals surface area contributed by atoms with Crippen LogP contribution in [0.1, 0.15) is 25.3 Å². The Morgan fingerprint density at radius 3 is 2.15 bits per heavy atom. The van der Waals surface area contributed by atoms with E-state index in [2.05, 4.69) is 30.7 Å². The monoisotopic (exact) mass is 289 g/mol. The normalized spacial score (nSPS) is 11.8. The fourth-order valence-corrected chi connectivity index (χ4v) is 2.75. The molecule has 20 heavy (non-hydrogen) atoms. The van der Waals surface area contributed by atoms with Crippen LogP contribution in [-0.4, -0.2) is 15.5 Å². The van der Waals surface area contributed by atoms with Gasteiger partial charge in [-0.1, -0.05) is 50.2 Å². The van der Waals surface area contributed by atoms with E-state index in [1.807, 2.05) is 24.3 Å². The Morgan fingerprint density at radius 1 is 0.950 bits per heavy atom. The molecule has 2 rings (SSSR count). The standard InChI is InChI=1S/C16H19NO2S/c1-12(2)14-5-4-6-15(11-14)13-7-9-16(10-8-13)20(18,19)17-3/h4-12,17H,1-3H3. The van der Waals surface area contributed by atoms with Crippen LogP contribution in [0.15, 0.2) is 53.4 Å². The Kier molecular flexibility index (Phi) is 4.26. The zero-order valence-electron chi connectivity index (χ0n) is 11.9. The molecule has 0 fully saturated rings. The molecule has 0 amide bonds. The molecule has 2 aromatic rings. The number of sulfonamides is 1. The Bertz CT molecular complexity index is 689. The molecule has 0 aliphatic heterocycles. The SMILES string of the molecule is CNS(=O)(=O)c1ccc(-c2cccc(C(C)C)c2)cc1. The third-order valence-corrected chi connectivity index (χ3v) is 4.75. The largest absolute Gasteiger partial charge is 0.240 e. The van der Waals surface area contributed by atoms with Gasteiger partial charge in [0.25, 0.3) is 0 Å². The number of hydrogen-bond donors (Lipinski definition) is 1. The summed E-state index contributed by atoms with van der Waals surface area (Å²) in [4.78, 5) is 0.281. The quantitative estimate of drug-likeness (QED) is 0.938. The van der Waals surface area contributed by atoms with Crippen molar-refractivity contribution in [3.05, 3.63) is 54.1 Å². The van der Waals surface area contributed by atoms with Gasteiger partial charge in [-0.2, -0.15) is 0 Å². The molecule has 0 heterocycles. The lowest BCUT2D eigenvalue weighted by atomic mass is 9.97. The van der Waals surface area contributed by atoms with E-state index in [4.69, 9.17) is 0 Å². The fraction of sp³-hybridized carbons (Fsp3) is 0.250. The summed E-state index contributed by atoms with van der Waals surface area (Å²) in [5.41, 5.74) is 3.39. The van der Waals surface area contributed by atoms with E-state index in [0.717, 1.165) is 11.1 Å². The van der Waals surface area contributed by atoms with Crippen molar-refractivity contribution in [2.75, 3.05) is 7.05 Å². The fourth-order valence-electron chi connectivity index (χ4n) is 2.02. The highest BCUT2D eigenvalue weighted by Crippen LogP contribution is 2.25. The van der Waals surface area contributed by atoms with E-state index in [0.29, 0.717) is 5.92 Å². The van der Waals surface area contributed by atoms with Crippen LogP contribution in [0.4, 0.5) is 0 Å². The van der Waals surface area contributed by atoms with E-state index in [1.165, 1.54) is 12.6 Å². The zero-order chi connectivity index (χ0) is 14.8. The first-order chi connectivity index (χ1) is 9.44. The molecule has 0 bridgehead atoms. The summed E-state index contributed by atoms with van der Waals surface area (Å²) >= 11 is 0. The van der Waals surface area contributed by atoms with E-state index in [9.17, 15) is 8.42 Å². The maximum absolute atomic E-state index is 11.7. The first kappa shape index (κ1) is 14.8. The van der Waals surface area contributed by atoms with Crippen LogP contribution >= 0.6 is 0 Å². The summed E-state index contributed by atoms with van der Waals surface area (Å²) in [7, 11) is -1.96. The van der Waals surface area contributed by atoms with Crippen molar-refractivity contribution in [2.45, 2.75) is 24.7 Å². The molecular formula is C16H19NO2S. The van der Waals surface area contributed by atoms with Crippen LogP contribution in [0.25, 0.3) is 11.1 Å². The van der Waals surface area contributed by atoms with Crippen LogP contribution < -0.4 is 4.72 Å². The molecule has 2 aromatic carbocycles. The van der Waals surface area contributed by atoms with Crippen molar-refractivity contribution in [3.63, 3.8) is 0 Å². The van der Waals surface area contributed by atoms with Gasteiger partial charge >= 0.3 is 0 Å². The third-order valence-electron chi connectivity index (χ3n) is 3.32. The van der Waals surface area contributed by atoms with Gasteiger partial charge in [0.1, 0.15) is 0 Å². The van der Waals surface area contributed by atoms with Gasteiger partial charge in [-0.15, -0.1) is 0 Å². The smallest absolute Gasteiger partial charge is 0.214 e. The van der Waals surface area contributed by atoms with E-state index < -0.39 is 10.0 Å². The molecule has 3 nitrogen and oxygen atoms in total. The Balaban J connectivity index is 2.38. The van der Waals surface area contributed by atoms with Crippen molar-refractivity contribution in [2.24, 2.45) is 0 Å². The van der Waals surface area contributed by atoms with Crippen molar-refractivity contribution in [1.82, 2.24) is 4.72 Å². The first-order valence-corrected chi connectivity index (χ1v) is 8.06. The topological polar surface area (TPSA) is 46.2 Å². The highest BCUT2D eigenvalue weighted by molar-refractivity contribution is 7.89. The molecule has 0 saturated carbocycles. The van der Waals surface area contributed by atoms with Crippen LogP contribution in [0.5, 0.6) is 0 Å². The van der Waals surface area contributed by atoms with Crippen LogP contribution in [0.3, 0.4) is 0 Å². The maximum Gasteiger partial charge on any atom is 0.240 e. The number of rotatable bonds is 4. The van der Waals surface area contributed by atoms with Gasteiger partial charge in [0, 0.05) is 0 Å². The molecule has 106 valence electrons. The number of benzene rings is 2. The lowest BCUT2D eigenvalue weighted by Gasteiger charge is -2.09. The molecule has 0 atom stereocenters. The summed E-state index contributed by atoms with van der Waals surface area (Å²) in [6, 6.07) is 15.2. The predicted molar refractivity (Wildman–Crippen MR) is 82.2 cm³/mol. The van der Waals surface area contributed by atoms with Crippen molar-refractivity contribution in [1.29, 1.82) is 0 Å². The summed E-state index contributed by atoms with van der Waals surface area (Å²) in [5, 5.41) is 0. The zero-order valence-corrected chi connectivity index (χ0v) is 12.7. The van der Waals surface area contributed by atoms with E-state index in [1.54, 1.807) is 12.1 Å². The minimum atomic E-state index is -3.37. The van der Waals surface area contributed by atoms with Crippen LogP contribution in [0, 0.1) is 0 Å². The summed E-state index contributed by atoms with van der Waals surface area (Å²) in [6.07, 6.45) is 0. The number of hydrogen-bond acceptors (Lipinski definition) is 2. The second-order valence-corrected chi connectivity index (χ2v) is 6.90. The Morgan fingerprint density at radius 2 is 1.60 bits per heavy atom. The summed E-state index contributed by atoms with van der Waals surface area (Å²) in [6.45, 7) is 4.31.